The van der Waals surface area contributed by atoms with Gasteiger partial charge in [-0.3, -0.25) is 4.79 Å². The lowest BCUT2D eigenvalue weighted by atomic mass is 10.1. The third-order valence-electron chi connectivity index (χ3n) is 1.95. The summed E-state index contributed by atoms with van der Waals surface area (Å²) in [7, 11) is 3.49. The third kappa shape index (κ3) is 5.55. The molecule has 2 unspecified atom stereocenters. The van der Waals surface area contributed by atoms with Crippen LogP contribution in [0.25, 0.3) is 0 Å². The predicted molar refractivity (Wildman–Crippen MR) is 55.6 cm³/mol. The third-order valence-corrected chi connectivity index (χ3v) is 1.95. The number of amides is 1. The van der Waals surface area contributed by atoms with E-state index in [9.17, 15) is 4.79 Å². The van der Waals surface area contributed by atoms with E-state index in [1.807, 2.05) is 13.8 Å². The van der Waals surface area contributed by atoms with Gasteiger partial charge in [0, 0.05) is 32.6 Å². The molecule has 14 heavy (non-hydrogen) atoms. The maximum Gasteiger partial charge on any atom is 0.223 e. The van der Waals surface area contributed by atoms with Crippen LogP contribution >= 0.6 is 0 Å². The summed E-state index contributed by atoms with van der Waals surface area (Å²) in [4.78, 5) is 12.9. The van der Waals surface area contributed by atoms with Crippen molar-refractivity contribution in [3.63, 3.8) is 0 Å². The Morgan fingerprint density at radius 1 is 1.43 bits per heavy atom. The van der Waals surface area contributed by atoms with Gasteiger partial charge >= 0.3 is 0 Å². The molecule has 1 N–H and O–H groups in total. The highest BCUT2D eigenvalue weighted by Crippen LogP contribution is 1.98. The van der Waals surface area contributed by atoms with Gasteiger partial charge in [-0.05, 0) is 13.8 Å². The van der Waals surface area contributed by atoms with Crippen LogP contribution < -0.4 is 5.32 Å². The van der Waals surface area contributed by atoms with Crippen molar-refractivity contribution in [1.29, 1.82) is 5.26 Å². The smallest absolute Gasteiger partial charge is 0.223 e. The van der Waals surface area contributed by atoms with Crippen LogP contribution in [0.4, 0.5) is 0 Å². The van der Waals surface area contributed by atoms with E-state index in [2.05, 4.69) is 11.4 Å². The second kappa shape index (κ2) is 6.39. The molecule has 0 aromatic heterocycles. The summed E-state index contributed by atoms with van der Waals surface area (Å²) in [5.41, 5.74) is 0. The van der Waals surface area contributed by atoms with Gasteiger partial charge in [0.2, 0.25) is 5.91 Å². The molecule has 0 aromatic rings. The lowest BCUT2D eigenvalue weighted by Gasteiger charge is -2.19. The van der Waals surface area contributed by atoms with Crippen LogP contribution in [0.2, 0.25) is 0 Å². The van der Waals surface area contributed by atoms with Crippen LogP contribution in [-0.2, 0) is 4.79 Å². The monoisotopic (exact) mass is 197 g/mol. The molecule has 0 spiro atoms. The van der Waals surface area contributed by atoms with Crippen molar-refractivity contribution < 1.29 is 4.79 Å². The van der Waals surface area contributed by atoms with Crippen molar-refractivity contribution in [2.45, 2.75) is 38.8 Å². The van der Waals surface area contributed by atoms with Crippen LogP contribution in [0.15, 0.2) is 0 Å². The molecule has 0 fully saturated rings. The number of nitriles is 1. The van der Waals surface area contributed by atoms with Crippen molar-refractivity contribution >= 4 is 5.91 Å². The van der Waals surface area contributed by atoms with Gasteiger partial charge in [0.25, 0.3) is 0 Å². The first-order valence-corrected chi connectivity index (χ1v) is 4.80. The maximum atomic E-state index is 11.3. The normalized spacial score (nSPS) is 14.2. The van der Waals surface area contributed by atoms with Crippen LogP contribution in [0.3, 0.4) is 0 Å². The lowest BCUT2D eigenvalue weighted by molar-refractivity contribution is -0.129. The standard InChI is InChI=1S/C10H19N3O/c1-8(5-6-11)12-9(2)7-10(14)13(3)4/h8-9,12H,5,7H2,1-4H3. The fourth-order valence-electron chi connectivity index (χ4n) is 1.18. The number of rotatable bonds is 5. The number of nitrogens with one attached hydrogen (secondary N) is 1. The minimum absolute atomic E-state index is 0.106. The molecule has 0 saturated carbocycles. The number of carbonyl (C=O) groups is 1. The highest BCUT2D eigenvalue weighted by molar-refractivity contribution is 5.76. The Morgan fingerprint density at radius 2 is 2.00 bits per heavy atom. The molecule has 2 atom stereocenters. The van der Waals surface area contributed by atoms with Gasteiger partial charge in [0.1, 0.15) is 0 Å². The van der Waals surface area contributed by atoms with Crippen LogP contribution in [0.1, 0.15) is 26.7 Å². The number of carbonyl (C=O) groups excluding carboxylic acids is 1. The Bertz CT molecular complexity index is 220. The SMILES string of the molecule is CC(CC#N)NC(C)CC(=O)N(C)C. The van der Waals surface area contributed by atoms with E-state index in [4.69, 9.17) is 5.26 Å². The topological polar surface area (TPSA) is 56.1 Å². The maximum absolute atomic E-state index is 11.3. The zero-order valence-corrected chi connectivity index (χ0v) is 9.37. The van der Waals surface area contributed by atoms with Crippen molar-refractivity contribution in [1.82, 2.24) is 10.2 Å². The van der Waals surface area contributed by atoms with E-state index < -0.39 is 0 Å². The van der Waals surface area contributed by atoms with E-state index in [1.165, 1.54) is 0 Å². The summed E-state index contributed by atoms with van der Waals surface area (Å²) in [5.74, 6) is 0.106. The van der Waals surface area contributed by atoms with Gasteiger partial charge in [-0.25, -0.2) is 0 Å². The minimum atomic E-state index is 0.106. The molecule has 0 heterocycles. The molecule has 4 nitrogen and oxygen atoms in total. The lowest BCUT2D eigenvalue weighted by Crippen LogP contribution is -2.38. The molecule has 0 radical (unpaired) electrons. The summed E-state index contributed by atoms with van der Waals surface area (Å²) in [6, 6.07) is 2.35. The summed E-state index contributed by atoms with van der Waals surface area (Å²) >= 11 is 0. The zero-order valence-electron chi connectivity index (χ0n) is 9.37. The first-order chi connectivity index (χ1) is 6.47. The Labute approximate surface area is 85.9 Å². The molecule has 0 aromatic carbocycles. The highest BCUT2D eigenvalue weighted by atomic mass is 16.2. The summed E-state index contributed by atoms with van der Waals surface area (Å²) < 4.78 is 0. The fourth-order valence-corrected chi connectivity index (χ4v) is 1.18. The van der Waals surface area contributed by atoms with E-state index in [0.717, 1.165) is 0 Å². The number of hydrogen-bond donors (Lipinski definition) is 1. The van der Waals surface area contributed by atoms with E-state index in [1.54, 1.807) is 19.0 Å². The minimum Gasteiger partial charge on any atom is -0.349 e. The van der Waals surface area contributed by atoms with Crippen LogP contribution in [0.5, 0.6) is 0 Å². The quantitative estimate of drug-likeness (QED) is 0.707. The molecular weight excluding hydrogens is 178 g/mol. The molecule has 4 heteroatoms. The second-order valence-electron chi connectivity index (χ2n) is 3.82. The first kappa shape index (κ1) is 12.9. The summed E-state index contributed by atoms with van der Waals surface area (Å²) in [6.45, 7) is 3.90. The zero-order chi connectivity index (χ0) is 11.1. The Balaban J connectivity index is 3.81. The molecule has 0 aliphatic heterocycles. The van der Waals surface area contributed by atoms with E-state index in [0.29, 0.717) is 12.8 Å². The Kier molecular flexibility index (Phi) is 5.89. The average Bonchev–Trinajstić information content (AvgIpc) is 2.03. The van der Waals surface area contributed by atoms with Gasteiger partial charge in [0.15, 0.2) is 0 Å². The first-order valence-electron chi connectivity index (χ1n) is 4.80. The molecule has 80 valence electrons. The number of hydrogen-bond acceptors (Lipinski definition) is 3. The molecule has 0 rings (SSSR count). The van der Waals surface area contributed by atoms with E-state index >= 15 is 0 Å². The number of nitrogens with zero attached hydrogens (tertiary/aromatic N) is 2. The van der Waals surface area contributed by atoms with Gasteiger partial charge in [-0.2, -0.15) is 5.26 Å². The highest BCUT2D eigenvalue weighted by Gasteiger charge is 2.12. The largest absolute Gasteiger partial charge is 0.349 e. The predicted octanol–water partition coefficient (Wildman–Crippen LogP) is 0.745. The molecular formula is C10H19N3O. The average molecular weight is 197 g/mol. The molecule has 0 bridgehead atoms. The van der Waals surface area contributed by atoms with Gasteiger partial charge in [-0.15, -0.1) is 0 Å². The van der Waals surface area contributed by atoms with Crippen LogP contribution in [0, 0.1) is 11.3 Å². The Hall–Kier alpha value is -1.08. The van der Waals surface area contributed by atoms with Crippen LogP contribution in [-0.4, -0.2) is 37.0 Å². The van der Waals surface area contributed by atoms with Crippen molar-refractivity contribution in [3.8, 4) is 6.07 Å². The fraction of sp³-hybridized carbons (Fsp3) is 0.800. The van der Waals surface area contributed by atoms with Crippen molar-refractivity contribution in [2.75, 3.05) is 14.1 Å². The van der Waals surface area contributed by atoms with Gasteiger partial charge in [-0.1, -0.05) is 0 Å². The van der Waals surface area contributed by atoms with Crippen molar-refractivity contribution in [2.24, 2.45) is 0 Å². The summed E-state index contributed by atoms with van der Waals surface area (Å²) in [6.07, 6.45) is 0.948. The van der Waals surface area contributed by atoms with Gasteiger partial charge in [0.05, 0.1) is 12.5 Å². The van der Waals surface area contributed by atoms with Gasteiger partial charge < -0.3 is 10.2 Å². The summed E-state index contributed by atoms with van der Waals surface area (Å²) in [5, 5.41) is 11.7. The molecule has 0 aliphatic carbocycles. The second-order valence-corrected chi connectivity index (χ2v) is 3.82. The molecule has 1 amide bonds. The molecule has 0 aliphatic rings. The van der Waals surface area contributed by atoms with Crippen molar-refractivity contribution in [3.05, 3.63) is 0 Å². The Morgan fingerprint density at radius 3 is 2.43 bits per heavy atom. The molecule has 0 saturated heterocycles. The van der Waals surface area contributed by atoms with E-state index in [-0.39, 0.29) is 18.0 Å².